The van der Waals surface area contributed by atoms with E-state index in [2.05, 4.69) is 28.1 Å². The molecule has 0 atom stereocenters. The van der Waals surface area contributed by atoms with Crippen LogP contribution in [-0.4, -0.2) is 36.4 Å². The number of rotatable bonds is 6. The second-order valence-corrected chi connectivity index (χ2v) is 7.70. The van der Waals surface area contributed by atoms with E-state index in [0.29, 0.717) is 11.4 Å². The second-order valence-electron chi connectivity index (χ2n) is 7.70. The number of carboxylic acid groups (broad SMARTS) is 1. The van der Waals surface area contributed by atoms with Crippen molar-refractivity contribution < 1.29 is 24.2 Å². The summed E-state index contributed by atoms with van der Waals surface area (Å²) in [5.74, 6) is -1.23. The van der Waals surface area contributed by atoms with E-state index in [1.165, 1.54) is 0 Å². The molecule has 33 heavy (non-hydrogen) atoms. The van der Waals surface area contributed by atoms with Crippen molar-refractivity contribution >= 4 is 29.5 Å². The van der Waals surface area contributed by atoms with Gasteiger partial charge in [-0.2, -0.15) is 0 Å². The summed E-state index contributed by atoms with van der Waals surface area (Å²) >= 11 is 0. The molecule has 0 aliphatic heterocycles. The van der Waals surface area contributed by atoms with Crippen molar-refractivity contribution in [3.63, 3.8) is 0 Å². The zero-order valence-electron chi connectivity index (χ0n) is 17.9. The molecule has 0 radical (unpaired) electrons. The van der Waals surface area contributed by atoms with Gasteiger partial charge in [-0.1, -0.05) is 54.6 Å². The maximum Gasteiger partial charge on any atom is 0.411 e. The molecule has 3 amide bonds. The summed E-state index contributed by atoms with van der Waals surface area (Å²) < 4.78 is 5.56. The van der Waals surface area contributed by atoms with Gasteiger partial charge in [-0.15, -0.1) is 0 Å². The lowest BCUT2D eigenvalue weighted by atomic mass is 9.98. The van der Waals surface area contributed by atoms with Gasteiger partial charge >= 0.3 is 18.1 Å². The van der Waals surface area contributed by atoms with Crippen LogP contribution >= 0.6 is 0 Å². The summed E-state index contributed by atoms with van der Waals surface area (Å²) in [4.78, 5) is 35.2. The standard InChI is InChI=1S/C25H23N3O5/c1-15-10-11-21(22(12-15)27-24(31)26-13-23(29)30)28-25(32)33-14-20-18-8-4-2-6-16(18)17-7-3-5-9-19(17)20/h2-12,20H,13-14H2,1H3,(H,28,32)(H,29,30)(H2,26,27,31). The third kappa shape index (κ3) is 4.95. The van der Waals surface area contributed by atoms with E-state index in [9.17, 15) is 14.4 Å². The number of ether oxygens (including phenoxy) is 1. The summed E-state index contributed by atoms with van der Waals surface area (Å²) in [6.45, 7) is 1.47. The number of amides is 3. The fourth-order valence-corrected chi connectivity index (χ4v) is 3.94. The van der Waals surface area contributed by atoms with E-state index in [4.69, 9.17) is 9.84 Å². The number of hydrogen-bond acceptors (Lipinski definition) is 4. The van der Waals surface area contributed by atoms with Crippen molar-refractivity contribution in [2.75, 3.05) is 23.8 Å². The highest BCUT2D eigenvalue weighted by molar-refractivity contribution is 5.98. The largest absolute Gasteiger partial charge is 0.480 e. The first-order valence-corrected chi connectivity index (χ1v) is 10.4. The first-order valence-electron chi connectivity index (χ1n) is 10.4. The molecule has 4 N–H and O–H groups in total. The fourth-order valence-electron chi connectivity index (χ4n) is 3.94. The lowest BCUT2D eigenvalue weighted by molar-refractivity contribution is -0.135. The van der Waals surface area contributed by atoms with Crippen LogP contribution in [0.15, 0.2) is 66.7 Å². The Bertz CT molecular complexity index is 1180. The molecule has 8 nitrogen and oxygen atoms in total. The zero-order valence-corrected chi connectivity index (χ0v) is 17.9. The predicted molar refractivity (Wildman–Crippen MR) is 125 cm³/mol. The first-order chi connectivity index (χ1) is 15.9. The minimum absolute atomic E-state index is 0.0689. The van der Waals surface area contributed by atoms with Crippen molar-refractivity contribution in [1.29, 1.82) is 0 Å². The minimum atomic E-state index is -1.16. The van der Waals surface area contributed by atoms with Gasteiger partial charge in [0.05, 0.1) is 11.4 Å². The molecule has 0 heterocycles. The van der Waals surface area contributed by atoms with E-state index in [-0.39, 0.29) is 12.5 Å². The van der Waals surface area contributed by atoms with E-state index >= 15 is 0 Å². The van der Waals surface area contributed by atoms with Crippen molar-refractivity contribution in [2.45, 2.75) is 12.8 Å². The Kier molecular flexibility index (Phi) is 6.26. The Balaban J connectivity index is 1.44. The zero-order chi connectivity index (χ0) is 23.4. The average molecular weight is 445 g/mol. The summed E-state index contributed by atoms with van der Waals surface area (Å²) in [6.07, 6.45) is -0.658. The number of benzene rings is 3. The van der Waals surface area contributed by atoms with Crippen LogP contribution in [0.3, 0.4) is 0 Å². The van der Waals surface area contributed by atoms with Gasteiger partial charge in [-0.3, -0.25) is 10.1 Å². The number of carbonyl (C=O) groups is 3. The highest BCUT2D eigenvalue weighted by atomic mass is 16.5. The monoisotopic (exact) mass is 445 g/mol. The molecule has 1 aliphatic rings. The van der Waals surface area contributed by atoms with Gasteiger partial charge in [0.1, 0.15) is 13.2 Å². The summed E-state index contributed by atoms with van der Waals surface area (Å²) in [5, 5.41) is 16.1. The Hall–Kier alpha value is -4.33. The topological polar surface area (TPSA) is 117 Å². The number of hydrogen-bond donors (Lipinski definition) is 4. The second kappa shape index (κ2) is 9.44. The van der Waals surface area contributed by atoms with Gasteiger partial charge < -0.3 is 20.5 Å². The molecule has 0 bridgehead atoms. The van der Waals surface area contributed by atoms with E-state index in [0.717, 1.165) is 27.8 Å². The smallest absolute Gasteiger partial charge is 0.411 e. The van der Waals surface area contributed by atoms with Gasteiger partial charge in [-0.05, 0) is 46.9 Å². The van der Waals surface area contributed by atoms with Crippen molar-refractivity contribution in [3.05, 3.63) is 83.4 Å². The average Bonchev–Trinajstić information content (AvgIpc) is 3.12. The van der Waals surface area contributed by atoms with Gasteiger partial charge in [0.2, 0.25) is 0 Å². The van der Waals surface area contributed by atoms with Gasteiger partial charge in [-0.25, -0.2) is 9.59 Å². The molecule has 0 unspecified atom stereocenters. The van der Waals surface area contributed by atoms with E-state index < -0.39 is 24.6 Å². The Morgan fingerprint density at radius 1 is 0.879 bits per heavy atom. The quantitative estimate of drug-likeness (QED) is 0.444. The number of anilines is 2. The van der Waals surface area contributed by atoms with Crippen LogP contribution in [0.5, 0.6) is 0 Å². The maximum absolute atomic E-state index is 12.6. The Morgan fingerprint density at radius 2 is 1.52 bits per heavy atom. The number of nitrogens with one attached hydrogen (secondary N) is 3. The highest BCUT2D eigenvalue weighted by Gasteiger charge is 2.29. The normalized spacial score (nSPS) is 11.8. The van der Waals surface area contributed by atoms with Crippen LogP contribution in [-0.2, 0) is 9.53 Å². The molecule has 0 spiro atoms. The molecule has 0 fully saturated rings. The number of carboxylic acids is 1. The van der Waals surface area contributed by atoms with Crippen LogP contribution in [0.1, 0.15) is 22.6 Å². The Labute approximate surface area is 190 Å². The van der Waals surface area contributed by atoms with Crippen molar-refractivity contribution in [1.82, 2.24) is 5.32 Å². The number of aryl methyl sites for hydroxylation is 1. The molecule has 8 heteroatoms. The molecule has 0 saturated heterocycles. The summed E-state index contributed by atoms with van der Waals surface area (Å²) in [6, 6.07) is 20.5. The molecule has 168 valence electrons. The Morgan fingerprint density at radius 3 is 2.15 bits per heavy atom. The molecule has 3 aromatic rings. The van der Waals surface area contributed by atoms with Gasteiger partial charge in [0, 0.05) is 5.92 Å². The van der Waals surface area contributed by atoms with E-state index in [1.54, 1.807) is 18.2 Å². The minimum Gasteiger partial charge on any atom is -0.480 e. The van der Waals surface area contributed by atoms with Crippen LogP contribution in [0.4, 0.5) is 21.0 Å². The van der Waals surface area contributed by atoms with Crippen LogP contribution in [0.25, 0.3) is 11.1 Å². The molecular formula is C25H23N3O5. The summed E-state index contributed by atoms with van der Waals surface area (Å²) in [5.41, 5.74) is 6.01. The molecule has 3 aromatic carbocycles. The van der Waals surface area contributed by atoms with Crippen molar-refractivity contribution in [2.24, 2.45) is 0 Å². The van der Waals surface area contributed by atoms with Crippen molar-refractivity contribution in [3.8, 4) is 11.1 Å². The molecule has 0 saturated carbocycles. The molecule has 1 aliphatic carbocycles. The SMILES string of the molecule is Cc1ccc(NC(=O)OCC2c3ccccc3-c3ccccc32)c(NC(=O)NCC(=O)O)c1. The third-order valence-electron chi connectivity index (χ3n) is 5.40. The fraction of sp³-hybridized carbons (Fsp3) is 0.160. The molecular weight excluding hydrogens is 422 g/mol. The van der Waals surface area contributed by atoms with Crippen LogP contribution < -0.4 is 16.0 Å². The molecule has 4 rings (SSSR count). The number of fused-ring (bicyclic) bond motifs is 3. The van der Waals surface area contributed by atoms with E-state index in [1.807, 2.05) is 43.3 Å². The van der Waals surface area contributed by atoms with Crippen LogP contribution in [0, 0.1) is 6.92 Å². The third-order valence-corrected chi connectivity index (χ3v) is 5.40. The lowest BCUT2D eigenvalue weighted by Crippen LogP contribution is -2.33. The number of aliphatic carboxylic acids is 1. The predicted octanol–water partition coefficient (Wildman–Crippen LogP) is 4.56. The summed E-state index contributed by atoms with van der Waals surface area (Å²) in [7, 11) is 0. The molecule has 0 aromatic heterocycles. The first kappa shape index (κ1) is 21.9. The van der Waals surface area contributed by atoms with Crippen LogP contribution in [0.2, 0.25) is 0 Å². The lowest BCUT2D eigenvalue weighted by Gasteiger charge is -2.16. The maximum atomic E-state index is 12.6. The number of urea groups is 1. The van der Waals surface area contributed by atoms with Gasteiger partial charge in [0.15, 0.2) is 0 Å². The van der Waals surface area contributed by atoms with Gasteiger partial charge in [0.25, 0.3) is 0 Å². The number of carbonyl (C=O) groups excluding carboxylic acids is 2. The highest BCUT2D eigenvalue weighted by Crippen LogP contribution is 2.44.